The molecule has 2 aliphatic heterocycles. The third-order valence-corrected chi connectivity index (χ3v) is 6.55. The fraction of sp³-hybridized carbons (Fsp3) is 0.269. The molecule has 1 N–H and O–H groups in total. The number of methoxy groups -OCH3 is 2. The summed E-state index contributed by atoms with van der Waals surface area (Å²) in [5, 5.41) is 14.9. The number of nitro benzene ring substituents is 1. The van der Waals surface area contributed by atoms with Gasteiger partial charge < -0.3 is 19.7 Å². The second kappa shape index (κ2) is 8.19. The molecule has 1 amide bonds. The highest BCUT2D eigenvalue weighted by Crippen LogP contribution is 2.48. The molecule has 9 nitrogen and oxygen atoms in total. The molecule has 180 valence electrons. The number of nitrogens with zero attached hydrogens (tertiary/aromatic N) is 3. The number of hydrogen-bond acceptors (Lipinski definition) is 7. The predicted molar refractivity (Wildman–Crippen MR) is 134 cm³/mol. The number of para-hydroxylation sites is 2. The third kappa shape index (κ3) is 3.60. The highest BCUT2D eigenvalue weighted by Gasteiger charge is 2.43. The Morgan fingerprint density at radius 3 is 2.46 bits per heavy atom. The molecule has 0 radical (unpaired) electrons. The van der Waals surface area contributed by atoms with Crippen molar-refractivity contribution in [2.24, 2.45) is 0 Å². The molecule has 2 heterocycles. The molecule has 0 atom stereocenters. The number of non-ortho nitro benzene ring substituents is 1. The number of nitro groups is 1. The average molecular weight is 475 g/mol. The lowest BCUT2D eigenvalue weighted by Gasteiger charge is -2.47. The Balaban J connectivity index is 1.75. The van der Waals surface area contributed by atoms with E-state index >= 15 is 0 Å². The first-order valence-electron chi connectivity index (χ1n) is 11.2. The van der Waals surface area contributed by atoms with Crippen molar-refractivity contribution in [1.82, 2.24) is 0 Å². The zero-order chi connectivity index (χ0) is 24.9. The number of benzene rings is 3. The van der Waals surface area contributed by atoms with E-state index in [2.05, 4.69) is 10.2 Å². The second-order valence-electron chi connectivity index (χ2n) is 9.12. The van der Waals surface area contributed by atoms with E-state index in [0.717, 1.165) is 28.2 Å². The number of carbonyl (C=O) groups excluding carboxylic acids is 1. The normalized spacial score (nSPS) is 15.8. The molecule has 0 aliphatic carbocycles. The molecule has 3 aromatic rings. The Labute approximate surface area is 203 Å². The lowest BCUT2D eigenvalue weighted by Crippen LogP contribution is -2.58. The number of nitrogens with one attached hydrogen (secondary N) is 1. The molecule has 3 aromatic carbocycles. The molecule has 0 unspecified atom stereocenters. The Bertz CT molecular complexity index is 1350. The zero-order valence-electron chi connectivity index (χ0n) is 20.0. The largest absolute Gasteiger partial charge is 0.496 e. The third-order valence-electron chi connectivity index (χ3n) is 6.55. The molecular formula is C26H26N4O5. The standard InChI is InChI=1S/C26H26N4O5/c1-26(2)25(31)29-15-28(21-7-5-6-8-23(21)35-4)14-19-17(10-11-20(27-26)24(19)29)18-13-16(30(32)33)9-12-22(18)34-3/h5-13,27H,14-15H2,1-4H3. The van der Waals surface area contributed by atoms with Gasteiger partial charge in [-0.05, 0) is 43.7 Å². The maximum absolute atomic E-state index is 13.6. The quantitative estimate of drug-likeness (QED) is 0.419. The van der Waals surface area contributed by atoms with E-state index in [-0.39, 0.29) is 11.6 Å². The van der Waals surface area contributed by atoms with Crippen LogP contribution in [0, 0.1) is 10.1 Å². The van der Waals surface area contributed by atoms with Gasteiger partial charge >= 0.3 is 0 Å². The average Bonchev–Trinajstić information content (AvgIpc) is 2.86. The van der Waals surface area contributed by atoms with Gasteiger partial charge in [-0.1, -0.05) is 18.2 Å². The van der Waals surface area contributed by atoms with Crippen molar-refractivity contribution >= 4 is 28.7 Å². The van der Waals surface area contributed by atoms with Crippen LogP contribution in [-0.4, -0.2) is 37.3 Å². The summed E-state index contributed by atoms with van der Waals surface area (Å²) in [6.45, 7) is 4.53. The lowest BCUT2D eigenvalue weighted by molar-refractivity contribution is -0.384. The molecule has 0 bridgehead atoms. The molecule has 0 aromatic heterocycles. The van der Waals surface area contributed by atoms with Crippen LogP contribution in [0.3, 0.4) is 0 Å². The minimum atomic E-state index is -0.793. The van der Waals surface area contributed by atoms with Gasteiger partial charge in [0.15, 0.2) is 0 Å². The van der Waals surface area contributed by atoms with E-state index in [0.29, 0.717) is 30.3 Å². The molecule has 5 rings (SSSR count). The summed E-state index contributed by atoms with van der Waals surface area (Å²) in [4.78, 5) is 28.5. The fourth-order valence-corrected chi connectivity index (χ4v) is 4.91. The molecule has 2 aliphatic rings. The summed E-state index contributed by atoms with van der Waals surface area (Å²) in [5.74, 6) is 1.15. The monoisotopic (exact) mass is 474 g/mol. The van der Waals surface area contributed by atoms with E-state index in [4.69, 9.17) is 9.47 Å². The number of hydrogen-bond donors (Lipinski definition) is 1. The first-order chi connectivity index (χ1) is 16.7. The topological polar surface area (TPSA) is 97.2 Å². The maximum Gasteiger partial charge on any atom is 0.270 e. The van der Waals surface area contributed by atoms with Crippen LogP contribution >= 0.6 is 0 Å². The molecule has 0 saturated heterocycles. The van der Waals surface area contributed by atoms with Crippen LogP contribution < -0.4 is 24.6 Å². The van der Waals surface area contributed by atoms with E-state index in [1.165, 1.54) is 19.2 Å². The highest BCUT2D eigenvalue weighted by molar-refractivity contribution is 6.10. The smallest absolute Gasteiger partial charge is 0.270 e. The van der Waals surface area contributed by atoms with Crippen molar-refractivity contribution in [1.29, 1.82) is 0 Å². The van der Waals surface area contributed by atoms with Crippen molar-refractivity contribution in [3.8, 4) is 22.6 Å². The Hall–Kier alpha value is -4.27. The molecule has 0 spiro atoms. The molecule has 0 fully saturated rings. The Morgan fingerprint density at radius 1 is 1.00 bits per heavy atom. The molecular weight excluding hydrogens is 448 g/mol. The van der Waals surface area contributed by atoms with E-state index in [1.54, 1.807) is 18.1 Å². The lowest BCUT2D eigenvalue weighted by atomic mass is 9.89. The van der Waals surface area contributed by atoms with Gasteiger partial charge in [-0.25, -0.2) is 0 Å². The van der Waals surface area contributed by atoms with Gasteiger partial charge in [0.25, 0.3) is 11.6 Å². The van der Waals surface area contributed by atoms with Crippen LogP contribution in [0.1, 0.15) is 19.4 Å². The summed E-state index contributed by atoms with van der Waals surface area (Å²) in [5.41, 5.74) is 3.89. The SMILES string of the molecule is COc1ccc([N+](=O)[O-])cc1-c1ccc2c3c1CN(c1ccccc1OC)CN3C(=O)C(C)(C)N2. The van der Waals surface area contributed by atoms with Crippen LogP contribution in [0.25, 0.3) is 11.1 Å². The van der Waals surface area contributed by atoms with Crippen LogP contribution in [-0.2, 0) is 11.3 Å². The van der Waals surface area contributed by atoms with Crippen LogP contribution in [0.4, 0.5) is 22.7 Å². The number of carbonyl (C=O) groups is 1. The summed E-state index contributed by atoms with van der Waals surface area (Å²) in [7, 11) is 3.16. The Kier molecular flexibility index (Phi) is 5.27. The van der Waals surface area contributed by atoms with Gasteiger partial charge in [0.1, 0.15) is 17.0 Å². The summed E-state index contributed by atoms with van der Waals surface area (Å²) >= 11 is 0. The second-order valence-corrected chi connectivity index (χ2v) is 9.12. The summed E-state index contributed by atoms with van der Waals surface area (Å²) in [6, 6.07) is 16.1. The van der Waals surface area contributed by atoms with E-state index in [9.17, 15) is 14.9 Å². The molecule has 9 heteroatoms. The van der Waals surface area contributed by atoms with Crippen molar-refractivity contribution in [2.75, 3.05) is 36.0 Å². The van der Waals surface area contributed by atoms with Gasteiger partial charge in [0.05, 0.1) is 42.9 Å². The van der Waals surface area contributed by atoms with E-state index in [1.807, 2.05) is 50.2 Å². The van der Waals surface area contributed by atoms with E-state index < -0.39 is 10.5 Å². The Morgan fingerprint density at radius 2 is 1.74 bits per heavy atom. The van der Waals surface area contributed by atoms with Gasteiger partial charge in [0, 0.05) is 29.8 Å². The van der Waals surface area contributed by atoms with Crippen LogP contribution in [0.5, 0.6) is 11.5 Å². The number of anilines is 3. The van der Waals surface area contributed by atoms with Gasteiger partial charge in [0.2, 0.25) is 0 Å². The summed E-state index contributed by atoms with van der Waals surface area (Å²) < 4.78 is 11.2. The molecule has 0 saturated carbocycles. The minimum Gasteiger partial charge on any atom is -0.496 e. The maximum atomic E-state index is 13.6. The number of amides is 1. The van der Waals surface area contributed by atoms with Crippen molar-refractivity contribution in [3.05, 3.63) is 70.3 Å². The van der Waals surface area contributed by atoms with Crippen molar-refractivity contribution in [2.45, 2.75) is 25.9 Å². The van der Waals surface area contributed by atoms with Gasteiger partial charge in [-0.15, -0.1) is 0 Å². The van der Waals surface area contributed by atoms with Crippen molar-refractivity contribution in [3.63, 3.8) is 0 Å². The minimum absolute atomic E-state index is 0.0321. The number of rotatable bonds is 5. The van der Waals surface area contributed by atoms with Crippen LogP contribution in [0.15, 0.2) is 54.6 Å². The van der Waals surface area contributed by atoms with Crippen LogP contribution in [0.2, 0.25) is 0 Å². The highest BCUT2D eigenvalue weighted by atomic mass is 16.6. The zero-order valence-corrected chi connectivity index (χ0v) is 20.0. The first kappa shape index (κ1) is 22.5. The number of ether oxygens (including phenoxy) is 2. The van der Waals surface area contributed by atoms with Gasteiger partial charge in [-0.3, -0.25) is 19.8 Å². The first-order valence-corrected chi connectivity index (χ1v) is 11.2. The van der Waals surface area contributed by atoms with Crippen molar-refractivity contribution < 1.29 is 19.2 Å². The fourth-order valence-electron chi connectivity index (χ4n) is 4.91. The summed E-state index contributed by atoms with van der Waals surface area (Å²) in [6.07, 6.45) is 0. The molecule has 35 heavy (non-hydrogen) atoms. The van der Waals surface area contributed by atoms with Gasteiger partial charge in [-0.2, -0.15) is 0 Å². The predicted octanol–water partition coefficient (Wildman–Crippen LogP) is 4.79.